The Morgan fingerprint density at radius 2 is 2.20 bits per heavy atom. The van der Waals surface area contributed by atoms with E-state index in [1.54, 1.807) is 30.5 Å². The van der Waals surface area contributed by atoms with Crippen LogP contribution in [-0.4, -0.2) is 14.8 Å². The average molecular weight is 333 g/mol. The number of hydrogen-bond acceptors (Lipinski definition) is 3. The molecule has 0 aliphatic carbocycles. The van der Waals surface area contributed by atoms with Crippen LogP contribution in [0.2, 0.25) is 0 Å². The van der Waals surface area contributed by atoms with Crippen LogP contribution in [0, 0.1) is 12.0 Å². The second-order valence-corrected chi connectivity index (χ2v) is 5.13. The van der Waals surface area contributed by atoms with Gasteiger partial charge < -0.3 is 0 Å². The molecule has 2 heterocycles. The summed E-state index contributed by atoms with van der Waals surface area (Å²) in [5.74, 6) is -0.389. The summed E-state index contributed by atoms with van der Waals surface area (Å²) in [6.45, 7) is 0.0548. The van der Waals surface area contributed by atoms with Crippen LogP contribution in [-0.2, 0) is 6.54 Å². The average Bonchev–Trinajstić information content (AvgIpc) is 2.45. The van der Waals surface area contributed by atoms with Crippen molar-refractivity contribution in [3.05, 3.63) is 68.9 Å². The van der Waals surface area contributed by atoms with Crippen LogP contribution >= 0.6 is 15.9 Å². The number of nitrogens with zero attached hydrogens (tertiary/aromatic N) is 3. The summed E-state index contributed by atoms with van der Waals surface area (Å²) in [6, 6.07) is 8.00. The Bertz CT molecular complexity index is 847. The topological polar surface area (TPSA) is 47.8 Å². The number of pyridine rings is 1. The first-order valence-electron chi connectivity index (χ1n) is 5.82. The highest BCUT2D eigenvalue weighted by molar-refractivity contribution is 9.10. The van der Waals surface area contributed by atoms with Gasteiger partial charge in [-0.3, -0.25) is 9.78 Å². The third kappa shape index (κ3) is 2.34. The lowest BCUT2D eigenvalue weighted by Crippen LogP contribution is -2.24. The molecule has 0 saturated heterocycles. The van der Waals surface area contributed by atoms with E-state index in [1.807, 2.05) is 0 Å². The molecule has 2 aromatic heterocycles. The van der Waals surface area contributed by atoms with E-state index in [1.165, 1.54) is 10.7 Å². The standard InChI is InChI=1S/C14H8BrFN3O/c15-10-4-3-9(12(16)6-10)8-19-14(20)11-2-1-5-17-13(11)7-18-19/h1-6H,8H2. The zero-order valence-electron chi connectivity index (χ0n) is 10.2. The predicted octanol–water partition coefficient (Wildman–Crippen LogP) is 2.54. The fourth-order valence-electron chi connectivity index (χ4n) is 1.88. The van der Waals surface area contributed by atoms with Crippen molar-refractivity contribution in [1.29, 1.82) is 0 Å². The SMILES string of the molecule is O=c1c2cccnc2[c]nn1Cc1ccc(Br)cc1F. The molecule has 0 unspecified atom stereocenters. The molecule has 0 bridgehead atoms. The number of aromatic nitrogens is 3. The van der Waals surface area contributed by atoms with Crippen LogP contribution < -0.4 is 5.56 Å². The maximum absolute atomic E-state index is 13.8. The van der Waals surface area contributed by atoms with Crippen molar-refractivity contribution < 1.29 is 4.39 Å². The normalized spacial score (nSPS) is 10.9. The van der Waals surface area contributed by atoms with Crippen LogP contribution in [0.5, 0.6) is 0 Å². The van der Waals surface area contributed by atoms with Gasteiger partial charge in [0.1, 0.15) is 17.5 Å². The molecule has 0 N–H and O–H groups in total. The maximum atomic E-state index is 13.8. The highest BCUT2D eigenvalue weighted by atomic mass is 79.9. The second-order valence-electron chi connectivity index (χ2n) is 4.21. The van der Waals surface area contributed by atoms with Gasteiger partial charge in [0.25, 0.3) is 5.56 Å². The summed E-state index contributed by atoms with van der Waals surface area (Å²) in [5.41, 5.74) is 0.485. The van der Waals surface area contributed by atoms with Gasteiger partial charge in [-0.25, -0.2) is 9.07 Å². The lowest BCUT2D eigenvalue weighted by Gasteiger charge is -2.06. The highest BCUT2D eigenvalue weighted by Gasteiger charge is 2.08. The largest absolute Gasteiger partial charge is 0.276 e. The van der Waals surface area contributed by atoms with Gasteiger partial charge >= 0.3 is 0 Å². The second kappa shape index (κ2) is 5.13. The van der Waals surface area contributed by atoms with E-state index in [0.29, 0.717) is 20.9 Å². The van der Waals surface area contributed by atoms with E-state index in [0.717, 1.165) is 0 Å². The van der Waals surface area contributed by atoms with Gasteiger partial charge in [-0.2, -0.15) is 5.10 Å². The first-order chi connectivity index (χ1) is 9.65. The minimum Gasteiger partial charge on any atom is -0.267 e. The molecular weight excluding hydrogens is 325 g/mol. The summed E-state index contributed by atoms with van der Waals surface area (Å²) < 4.78 is 15.6. The smallest absolute Gasteiger partial charge is 0.267 e. The summed E-state index contributed by atoms with van der Waals surface area (Å²) in [4.78, 5) is 16.2. The van der Waals surface area contributed by atoms with E-state index in [2.05, 4.69) is 32.2 Å². The van der Waals surface area contributed by atoms with Crippen molar-refractivity contribution in [2.24, 2.45) is 0 Å². The Morgan fingerprint density at radius 3 is 3.00 bits per heavy atom. The minimum atomic E-state index is -0.389. The number of halogens is 2. The van der Waals surface area contributed by atoms with Crippen molar-refractivity contribution >= 4 is 26.8 Å². The maximum Gasteiger partial charge on any atom is 0.276 e. The van der Waals surface area contributed by atoms with Gasteiger partial charge in [0.2, 0.25) is 0 Å². The number of rotatable bonds is 2. The van der Waals surface area contributed by atoms with Crippen molar-refractivity contribution in [2.45, 2.75) is 6.54 Å². The lowest BCUT2D eigenvalue weighted by molar-refractivity contribution is 0.573. The van der Waals surface area contributed by atoms with Gasteiger partial charge in [0, 0.05) is 16.2 Å². The number of benzene rings is 1. The summed E-state index contributed by atoms with van der Waals surface area (Å²) in [7, 11) is 0. The summed E-state index contributed by atoms with van der Waals surface area (Å²) in [5, 5.41) is 4.32. The Kier molecular flexibility index (Phi) is 3.31. The fourth-order valence-corrected chi connectivity index (χ4v) is 2.21. The quantitative estimate of drug-likeness (QED) is 0.724. The van der Waals surface area contributed by atoms with Gasteiger partial charge in [0.15, 0.2) is 0 Å². The Balaban J connectivity index is 2.07. The molecule has 0 fully saturated rings. The Morgan fingerprint density at radius 1 is 1.35 bits per heavy atom. The van der Waals surface area contributed by atoms with Gasteiger partial charge in [-0.1, -0.05) is 22.0 Å². The molecule has 1 radical (unpaired) electrons. The molecule has 1 aromatic carbocycles. The Hall–Kier alpha value is -2.08. The third-order valence-electron chi connectivity index (χ3n) is 2.88. The molecule has 0 atom stereocenters. The van der Waals surface area contributed by atoms with Crippen molar-refractivity contribution in [1.82, 2.24) is 14.8 Å². The van der Waals surface area contributed by atoms with Gasteiger partial charge in [-0.05, 0) is 24.3 Å². The van der Waals surface area contributed by atoms with E-state index >= 15 is 0 Å². The van der Waals surface area contributed by atoms with E-state index in [4.69, 9.17) is 0 Å². The Labute approximate surface area is 122 Å². The predicted molar refractivity (Wildman–Crippen MR) is 75.8 cm³/mol. The van der Waals surface area contributed by atoms with Gasteiger partial charge in [0.05, 0.1) is 11.9 Å². The van der Waals surface area contributed by atoms with Crippen molar-refractivity contribution in [2.75, 3.05) is 0 Å². The van der Waals surface area contributed by atoms with Crippen LogP contribution in [0.25, 0.3) is 10.9 Å². The summed E-state index contributed by atoms with van der Waals surface area (Å²) in [6.07, 6.45) is 4.25. The molecule has 0 amide bonds. The molecule has 6 heteroatoms. The zero-order chi connectivity index (χ0) is 14.1. The monoisotopic (exact) mass is 332 g/mol. The molecule has 4 nitrogen and oxygen atoms in total. The van der Waals surface area contributed by atoms with E-state index in [9.17, 15) is 9.18 Å². The molecule has 0 aliphatic rings. The molecule has 0 aliphatic heterocycles. The fraction of sp³-hybridized carbons (Fsp3) is 0.0714. The zero-order valence-corrected chi connectivity index (χ0v) is 11.8. The first kappa shape index (κ1) is 12.9. The highest BCUT2D eigenvalue weighted by Crippen LogP contribution is 2.15. The van der Waals surface area contributed by atoms with Crippen LogP contribution in [0.15, 0.2) is 45.8 Å². The molecule has 0 saturated carbocycles. The van der Waals surface area contributed by atoms with Crippen LogP contribution in [0.1, 0.15) is 5.56 Å². The van der Waals surface area contributed by atoms with Crippen molar-refractivity contribution in [3.63, 3.8) is 0 Å². The third-order valence-corrected chi connectivity index (χ3v) is 3.38. The van der Waals surface area contributed by atoms with Crippen molar-refractivity contribution in [3.8, 4) is 0 Å². The molecule has 3 aromatic rings. The molecular formula is C14H8BrFN3O. The summed E-state index contributed by atoms with van der Waals surface area (Å²) >= 11 is 3.19. The van der Waals surface area contributed by atoms with Crippen LogP contribution in [0.3, 0.4) is 0 Å². The lowest BCUT2D eigenvalue weighted by atomic mass is 10.2. The van der Waals surface area contributed by atoms with Gasteiger partial charge in [-0.15, -0.1) is 0 Å². The minimum absolute atomic E-state index is 0.0548. The first-order valence-corrected chi connectivity index (χ1v) is 6.62. The molecule has 3 rings (SSSR count). The van der Waals surface area contributed by atoms with Crippen LogP contribution in [0.4, 0.5) is 4.39 Å². The van der Waals surface area contributed by atoms with E-state index < -0.39 is 0 Å². The molecule has 0 spiro atoms. The number of hydrogen-bond donors (Lipinski definition) is 0. The number of fused-ring (bicyclic) bond motifs is 1. The van der Waals surface area contributed by atoms with E-state index in [-0.39, 0.29) is 17.9 Å². The molecule has 20 heavy (non-hydrogen) atoms. The molecule has 99 valence electrons.